The predicted molar refractivity (Wildman–Crippen MR) is 97.5 cm³/mol. The largest absolute Gasteiger partial charge is 0.352 e. The van der Waals surface area contributed by atoms with Crippen molar-refractivity contribution in [3.05, 3.63) is 53.3 Å². The van der Waals surface area contributed by atoms with Crippen LogP contribution < -0.4 is 10.6 Å². The molecule has 0 saturated carbocycles. The normalized spacial score (nSPS) is 10.7. The Balaban J connectivity index is 1.86. The van der Waals surface area contributed by atoms with Crippen LogP contribution in [0, 0.1) is 0 Å². The number of amides is 2. The topological polar surface area (TPSA) is 76.0 Å². The van der Waals surface area contributed by atoms with Crippen molar-refractivity contribution in [1.29, 1.82) is 0 Å². The Bertz CT molecular complexity index is 704. The van der Waals surface area contributed by atoms with Gasteiger partial charge in [0, 0.05) is 30.9 Å². The van der Waals surface area contributed by atoms with Gasteiger partial charge in [-0.3, -0.25) is 14.3 Å². The Morgan fingerprint density at radius 3 is 2.40 bits per heavy atom. The summed E-state index contributed by atoms with van der Waals surface area (Å²) in [6, 6.07) is 9.17. The minimum atomic E-state index is -0.208. The maximum absolute atomic E-state index is 12.1. The summed E-state index contributed by atoms with van der Waals surface area (Å²) in [5.41, 5.74) is 1.96. The number of rotatable bonds is 8. The molecule has 0 atom stereocenters. The number of carbonyl (C=O) groups excluding carboxylic acids is 2. The quantitative estimate of drug-likeness (QED) is 0.724. The fraction of sp³-hybridized carbons (Fsp3) is 0.421. The molecule has 1 aromatic carbocycles. The fourth-order valence-corrected chi connectivity index (χ4v) is 2.27. The van der Waals surface area contributed by atoms with Crippen molar-refractivity contribution in [2.45, 2.75) is 46.2 Å². The molecule has 1 aromatic heterocycles. The number of unbranched alkanes of at least 4 members (excludes halogenated alkanes) is 1. The zero-order chi connectivity index (χ0) is 18.2. The molecular formula is C19H26N4O2. The summed E-state index contributed by atoms with van der Waals surface area (Å²) in [6.07, 6.45) is 3.82. The summed E-state index contributed by atoms with van der Waals surface area (Å²) in [6.45, 7) is 7.19. The molecule has 0 spiro atoms. The second-order valence-electron chi connectivity index (χ2n) is 6.26. The van der Waals surface area contributed by atoms with E-state index in [-0.39, 0.29) is 17.9 Å². The Labute approximate surface area is 148 Å². The summed E-state index contributed by atoms with van der Waals surface area (Å²) < 4.78 is 1.75. The Morgan fingerprint density at radius 1 is 1.08 bits per heavy atom. The molecule has 2 rings (SSSR count). The van der Waals surface area contributed by atoms with Crippen LogP contribution in [0.4, 0.5) is 0 Å². The van der Waals surface area contributed by atoms with Gasteiger partial charge in [0.1, 0.15) is 5.69 Å². The number of aromatic nitrogens is 2. The molecule has 25 heavy (non-hydrogen) atoms. The van der Waals surface area contributed by atoms with Gasteiger partial charge in [-0.1, -0.05) is 25.5 Å². The van der Waals surface area contributed by atoms with Crippen LogP contribution in [-0.2, 0) is 6.54 Å². The molecule has 2 aromatic rings. The van der Waals surface area contributed by atoms with E-state index in [1.54, 1.807) is 29.1 Å². The van der Waals surface area contributed by atoms with Crippen LogP contribution in [0.3, 0.4) is 0 Å². The maximum Gasteiger partial charge on any atom is 0.272 e. The van der Waals surface area contributed by atoms with Crippen molar-refractivity contribution in [3.63, 3.8) is 0 Å². The van der Waals surface area contributed by atoms with E-state index < -0.39 is 0 Å². The molecule has 2 N–H and O–H groups in total. The van der Waals surface area contributed by atoms with Crippen LogP contribution in [0.25, 0.3) is 0 Å². The molecule has 6 heteroatoms. The Hall–Kier alpha value is -2.63. The SMILES string of the molecule is CCCCNC(=O)c1ccc(CNC(=O)c2ccn(C(C)C)n2)cc1. The highest BCUT2D eigenvalue weighted by Gasteiger charge is 2.10. The predicted octanol–water partition coefficient (Wildman–Crippen LogP) is 2.92. The zero-order valence-corrected chi connectivity index (χ0v) is 15.1. The van der Waals surface area contributed by atoms with E-state index in [1.165, 1.54) is 0 Å². The van der Waals surface area contributed by atoms with Crippen molar-refractivity contribution < 1.29 is 9.59 Å². The molecule has 0 fully saturated rings. The first-order chi connectivity index (χ1) is 12.0. The van der Waals surface area contributed by atoms with Gasteiger partial charge in [0.25, 0.3) is 11.8 Å². The number of benzene rings is 1. The van der Waals surface area contributed by atoms with Crippen LogP contribution in [0.15, 0.2) is 36.5 Å². The van der Waals surface area contributed by atoms with E-state index in [1.807, 2.05) is 26.0 Å². The number of nitrogens with one attached hydrogen (secondary N) is 2. The van der Waals surface area contributed by atoms with Crippen LogP contribution in [0.2, 0.25) is 0 Å². The summed E-state index contributed by atoms with van der Waals surface area (Å²) in [5.74, 6) is -0.274. The molecule has 0 unspecified atom stereocenters. The molecule has 6 nitrogen and oxygen atoms in total. The maximum atomic E-state index is 12.1. The van der Waals surface area contributed by atoms with E-state index in [0.717, 1.165) is 18.4 Å². The smallest absolute Gasteiger partial charge is 0.272 e. The lowest BCUT2D eigenvalue weighted by Crippen LogP contribution is -2.25. The molecule has 0 aliphatic heterocycles. The monoisotopic (exact) mass is 342 g/mol. The third-order valence-electron chi connectivity index (χ3n) is 3.86. The molecule has 2 amide bonds. The highest BCUT2D eigenvalue weighted by molar-refractivity contribution is 5.94. The molecule has 0 radical (unpaired) electrons. The first-order valence-corrected chi connectivity index (χ1v) is 8.71. The van der Waals surface area contributed by atoms with Crippen LogP contribution in [0.1, 0.15) is 66.1 Å². The second-order valence-corrected chi connectivity index (χ2v) is 6.26. The van der Waals surface area contributed by atoms with Gasteiger partial charge in [-0.2, -0.15) is 5.10 Å². The Kier molecular flexibility index (Phi) is 6.74. The zero-order valence-electron chi connectivity index (χ0n) is 15.1. The van der Waals surface area contributed by atoms with E-state index in [9.17, 15) is 9.59 Å². The van der Waals surface area contributed by atoms with Crippen molar-refractivity contribution in [2.75, 3.05) is 6.54 Å². The lowest BCUT2D eigenvalue weighted by Gasteiger charge is -2.07. The first kappa shape index (κ1) is 18.7. The van der Waals surface area contributed by atoms with E-state index in [0.29, 0.717) is 24.3 Å². The van der Waals surface area contributed by atoms with Crippen LogP contribution in [-0.4, -0.2) is 28.1 Å². The highest BCUT2D eigenvalue weighted by Crippen LogP contribution is 2.07. The van der Waals surface area contributed by atoms with Gasteiger partial charge >= 0.3 is 0 Å². The summed E-state index contributed by atoms with van der Waals surface area (Å²) in [5, 5.41) is 9.97. The van der Waals surface area contributed by atoms with Crippen LogP contribution in [0.5, 0.6) is 0 Å². The molecule has 0 aliphatic rings. The standard InChI is InChI=1S/C19H26N4O2/c1-4-5-11-20-18(24)16-8-6-15(7-9-16)13-21-19(25)17-10-12-23(22-17)14(2)3/h6-10,12,14H,4-5,11,13H2,1-3H3,(H,20,24)(H,21,25). The third-order valence-corrected chi connectivity index (χ3v) is 3.86. The molecule has 0 aliphatic carbocycles. The van der Waals surface area contributed by atoms with E-state index >= 15 is 0 Å². The minimum absolute atomic E-state index is 0.0664. The van der Waals surface area contributed by atoms with Gasteiger partial charge in [0.2, 0.25) is 0 Å². The fourth-order valence-electron chi connectivity index (χ4n) is 2.27. The van der Waals surface area contributed by atoms with Crippen molar-refractivity contribution in [3.8, 4) is 0 Å². The summed E-state index contributed by atoms with van der Waals surface area (Å²) in [7, 11) is 0. The van der Waals surface area contributed by atoms with Gasteiger partial charge in [-0.15, -0.1) is 0 Å². The molecular weight excluding hydrogens is 316 g/mol. The molecule has 0 saturated heterocycles. The number of carbonyl (C=O) groups is 2. The third kappa shape index (κ3) is 5.45. The number of nitrogens with zero attached hydrogens (tertiary/aromatic N) is 2. The van der Waals surface area contributed by atoms with E-state index in [4.69, 9.17) is 0 Å². The average molecular weight is 342 g/mol. The van der Waals surface area contributed by atoms with E-state index in [2.05, 4.69) is 22.7 Å². The summed E-state index contributed by atoms with van der Waals surface area (Å²) in [4.78, 5) is 24.1. The molecule has 1 heterocycles. The first-order valence-electron chi connectivity index (χ1n) is 8.71. The van der Waals surface area contributed by atoms with Crippen molar-refractivity contribution in [2.24, 2.45) is 0 Å². The Morgan fingerprint density at radius 2 is 1.80 bits per heavy atom. The average Bonchev–Trinajstić information content (AvgIpc) is 3.11. The van der Waals surface area contributed by atoms with Crippen molar-refractivity contribution >= 4 is 11.8 Å². The summed E-state index contributed by atoms with van der Waals surface area (Å²) >= 11 is 0. The highest BCUT2D eigenvalue weighted by atomic mass is 16.2. The lowest BCUT2D eigenvalue weighted by molar-refractivity contribution is 0.0939. The second kappa shape index (κ2) is 9.01. The molecule has 0 bridgehead atoms. The van der Waals surface area contributed by atoms with Gasteiger partial charge in [0.05, 0.1) is 0 Å². The van der Waals surface area contributed by atoms with Gasteiger partial charge in [-0.25, -0.2) is 0 Å². The van der Waals surface area contributed by atoms with Crippen LogP contribution >= 0.6 is 0 Å². The van der Waals surface area contributed by atoms with Gasteiger partial charge in [0.15, 0.2) is 0 Å². The van der Waals surface area contributed by atoms with Gasteiger partial charge < -0.3 is 10.6 Å². The van der Waals surface area contributed by atoms with Crippen molar-refractivity contribution in [1.82, 2.24) is 20.4 Å². The minimum Gasteiger partial charge on any atom is -0.352 e. The molecule has 134 valence electrons. The lowest BCUT2D eigenvalue weighted by atomic mass is 10.1. The number of hydrogen-bond donors (Lipinski definition) is 2. The van der Waals surface area contributed by atoms with Gasteiger partial charge in [-0.05, 0) is 44.0 Å². The number of hydrogen-bond acceptors (Lipinski definition) is 3.